The van der Waals surface area contributed by atoms with Gasteiger partial charge in [-0.05, 0) is 60.9 Å². The molecule has 2 amide bonds. The van der Waals surface area contributed by atoms with E-state index in [2.05, 4.69) is 10.1 Å². The van der Waals surface area contributed by atoms with Crippen LogP contribution in [0.4, 0.5) is 13.2 Å². The van der Waals surface area contributed by atoms with Gasteiger partial charge in [0, 0.05) is 31.1 Å². The smallest absolute Gasteiger partial charge is 0.406 e. The highest BCUT2D eigenvalue weighted by molar-refractivity contribution is 5.91. The van der Waals surface area contributed by atoms with Gasteiger partial charge in [-0.3, -0.25) is 9.59 Å². The number of amides is 2. The number of carbonyl (C=O) groups excluding carboxylic acids is 2. The predicted octanol–water partition coefficient (Wildman–Crippen LogP) is 4.90. The van der Waals surface area contributed by atoms with E-state index in [0.717, 1.165) is 11.1 Å². The Hall–Kier alpha value is -3.29. The maximum atomic E-state index is 12.8. The van der Waals surface area contributed by atoms with Crippen molar-refractivity contribution in [1.82, 2.24) is 10.2 Å². The third-order valence-electron chi connectivity index (χ3n) is 6.45. The van der Waals surface area contributed by atoms with Crippen molar-refractivity contribution in [3.05, 3.63) is 71.8 Å². The van der Waals surface area contributed by atoms with E-state index in [9.17, 15) is 22.8 Å². The van der Waals surface area contributed by atoms with Gasteiger partial charge in [0.15, 0.2) is 0 Å². The number of alkyl halides is 3. The summed E-state index contributed by atoms with van der Waals surface area (Å²) in [6.45, 7) is 1.22. The molecule has 2 fully saturated rings. The lowest BCUT2D eigenvalue weighted by Crippen LogP contribution is -2.49. The van der Waals surface area contributed by atoms with Crippen molar-refractivity contribution in [3.8, 4) is 5.75 Å². The Morgan fingerprint density at radius 2 is 1.62 bits per heavy atom. The molecule has 1 heterocycles. The number of piperidine rings is 1. The van der Waals surface area contributed by atoms with Gasteiger partial charge in [0.25, 0.3) is 0 Å². The number of carbonyl (C=O) groups is 2. The first kappa shape index (κ1) is 23.9. The molecule has 0 unspecified atom stereocenters. The fourth-order valence-corrected chi connectivity index (χ4v) is 4.52. The van der Waals surface area contributed by atoms with Crippen LogP contribution in [0.2, 0.25) is 0 Å². The molecular formula is C26H27F3N2O3. The summed E-state index contributed by atoms with van der Waals surface area (Å²) in [4.78, 5) is 26.9. The average Bonchev–Trinajstić information content (AvgIpc) is 2.78. The van der Waals surface area contributed by atoms with Crippen LogP contribution in [-0.2, 0) is 9.59 Å². The number of likely N-dealkylation sites (tertiary alicyclic amines) is 1. The van der Waals surface area contributed by atoms with Crippen LogP contribution in [-0.4, -0.2) is 42.2 Å². The number of rotatable bonds is 6. The molecule has 2 aromatic rings. The van der Waals surface area contributed by atoms with Crippen molar-refractivity contribution >= 4 is 17.9 Å². The summed E-state index contributed by atoms with van der Waals surface area (Å²) in [6.07, 6.45) is 1.42. The number of hydrogen-bond donors (Lipinski definition) is 1. The topological polar surface area (TPSA) is 58.6 Å². The molecule has 0 aromatic heterocycles. The van der Waals surface area contributed by atoms with Gasteiger partial charge >= 0.3 is 6.36 Å². The first-order chi connectivity index (χ1) is 16.3. The van der Waals surface area contributed by atoms with E-state index >= 15 is 0 Å². The van der Waals surface area contributed by atoms with Crippen molar-refractivity contribution in [3.63, 3.8) is 0 Å². The van der Waals surface area contributed by atoms with Gasteiger partial charge in [-0.1, -0.05) is 42.5 Å². The summed E-state index contributed by atoms with van der Waals surface area (Å²) in [6, 6.07) is 15.5. The maximum Gasteiger partial charge on any atom is 0.573 e. The zero-order chi connectivity index (χ0) is 24.1. The van der Waals surface area contributed by atoms with E-state index < -0.39 is 6.36 Å². The Balaban J connectivity index is 1.18. The highest BCUT2D eigenvalue weighted by atomic mass is 19.4. The van der Waals surface area contributed by atoms with Gasteiger partial charge in [-0.2, -0.15) is 0 Å². The molecule has 0 bridgehead atoms. The summed E-state index contributed by atoms with van der Waals surface area (Å²) in [5.74, 6) is -0.143. The van der Waals surface area contributed by atoms with Gasteiger partial charge in [-0.15, -0.1) is 13.2 Å². The number of benzene rings is 2. The van der Waals surface area contributed by atoms with E-state index in [1.54, 1.807) is 18.2 Å². The van der Waals surface area contributed by atoms with Crippen molar-refractivity contribution in [2.24, 2.45) is 5.92 Å². The zero-order valence-corrected chi connectivity index (χ0v) is 18.6. The average molecular weight is 473 g/mol. The molecule has 8 heteroatoms. The van der Waals surface area contributed by atoms with E-state index in [-0.39, 0.29) is 35.4 Å². The predicted molar refractivity (Wildman–Crippen MR) is 122 cm³/mol. The van der Waals surface area contributed by atoms with Crippen molar-refractivity contribution in [1.29, 1.82) is 0 Å². The molecule has 0 spiro atoms. The Morgan fingerprint density at radius 1 is 0.971 bits per heavy atom. The molecule has 2 aliphatic rings. The first-order valence-corrected chi connectivity index (χ1v) is 11.4. The molecule has 0 atom stereocenters. The molecular weight excluding hydrogens is 445 g/mol. The molecule has 1 saturated carbocycles. The Morgan fingerprint density at radius 3 is 2.24 bits per heavy atom. The molecule has 4 rings (SSSR count). The number of halogens is 3. The number of hydrogen-bond acceptors (Lipinski definition) is 3. The van der Waals surface area contributed by atoms with Crippen LogP contribution in [0.3, 0.4) is 0 Å². The SMILES string of the molecule is O=C(/C=C/c1ccccc1)NC1CCN(C(=O)C2CC(c3ccc(OC(F)(F)F)cc3)C2)CC1. The quantitative estimate of drug-likeness (QED) is 0.609. The largest absolute Gasteiger partial charge is 0.573 e. The fraction of sp³-hybridized carbons (Fsp3) is 0.385. The van der Waals surface area contributed by atoms with Crippen LogP contribution in [0.5, 0.6) is 5.75 Å². The second kappa shape index (κ2) is 10.3. The normalized spacial score (nSPS) is 21.2. The second-order valence-electron chi connectivity index (χ2n) is 8.83. The van der Waals surface area contributed by atoms with Crippen LogP contribution in [0.15, 0.2) is 60.7 Å². The number of ether oxygens (including phenoxy) is 1. The first-order valence-electron chi connectivity index (χ1n) is 11.4. The molecule has 2 aromatic carbocycles. The number of nitrogens with zero attached hydrogens (tertiary/aromatic N) is 1. The van der Waals surface area contributed by atoms with Crippen LogP contribution >= 0.6 is 0 Å². The molecule has 180 valence electrons. The van der Waals surface area contributed by atoms with Gasteiger partial charge in [0.1, 0.15) is 5.75 Å². The highest BCUT2D eigenvalue weighted by Gasteiger charge is 2.38. The third kappa shape index (κ3) is 6.40. The highest BCUT2D eigenvalue weighted by Crippen LogP contribution is 2.43. The fourth-order valence-electron chi connectivity index (χ4n) is 4.52. The monoisotopic (exact) mass is 472 g/mol. The molecule has 1 aliphatic heterocycles. The van der Waals surface area contributed by atoms with Crippen LogP contribution in [0.25, 0.3) is 6.08 Å². The van der Waals surface area contributed by atoms with Gasteiger partial charge < -0.3 is 15.0 Å². The van der Waals surface area contributed by atoms with E-state index in [1.165, 1.54) is 18.2 Å². The van der Waals surface area contributed by atoms with Gasteiger partial charge in [0.2, 0.25) is 11.8 Å². The summed E-state index contributed by atoms with van der Waals surface area (Å²) in [7, 11) is 0. The molecule has 1 N–H and O–H groups in total. The summed E-state index contributed by atoms with van der Waals surface area (Å²) < 4.78 is 40.8. The van der Waals surface area contributed by atoms with Crippen molar-refractivity contribution in [2.75, 3.05) is 13.1 Å². The van der Waals surface area contributed by atoms with Gasteiger partial charge in [-0.25, -0.2) is 0 Å². The second-order valence-corrected chi connectivity index (χ2v) is 8.83. The van der Waals surface area contributed by atoms with Crippen molar-refractivity contribution in [2.45, 2.75) is 44.0 Å². The van der Waals surface area contributed by atoms with Crippen molar-refractivity contribution < 1.29 is 27.5 Å². The van der Waals surface area contributed by atoms with Crippen LogP contribution in [0, 0.1) is 5.92 Å². The minimum absolute atomic E-state index is 0.0449. The lowest BCUT2D eigenvalue weighted by atomic mass is 9.70. The molecule has 0 radical (unpaired) electrons. The lowest BCUT2D eigenvalue weighted by Gasteiger charge is -2.40. The lowest BCUT2D eigenvalue weighted by molar-refractivity contribution is -0.274. The van der Waals surface area contributed by atoms with Crippen LogP contribution < -0.4 is 10.1 Å². The van der Waals surface area contributed by atoms with E-state index in [1.807, 2.05) is 35.2 Å². The minimum atomic E-state index is -4.70. The molecule has 1 saturated heterocycles. The molecule has 5 nitrogen and oxygen atoms in total. The third-order valence-corrected chi connectivity index (χ3v) is 6.45. The maximum absolute atomic E-state index is 12.8. The minimum Gasteiger partial charge on any atom is -0.406 e. The van der Waals surface area contributed by atoms with E-state index in [4.69, 9.17) is 0 Å². The number of nitrogens with one attached hydrogen (secondary N) is 1. The summed E-state index contributed by atoms with van der Waals surface area (Å²) in [5.41, 5.74) is 1.88. The summed E-state index contributed by atoms with van der Waals surface area (Å²) in [5, 5.41) is 3.01. The molecule has 1 aliphatic carbocycles. The Kier molecular flexibility index (Phi) is 7.24. The van der Waals surface area contributed by atoms with Crippen LogP contribution in [0.1, 0.15) is 42.7 Å². The van der Waals surface area contributed by atoms with E-state index in [0.29, 0.717) is 38.8 Å². The Labute approximate surface area is 196 Å². The Bertz CT molecular complexity index is 1010. The standard InChI is InChI=1S/C26H27F3N2O3/c27-26(28,29)34-23-9-7-19(8-10-23)20-16-21(17-20)25(33)31-14-12-22(13-15-31)30-24(32)11-6-18-4-2-1-3-5-18/h1-11,20-22H,12-17H2,(H,30,32)/b11-6+. The van der Waals surface area contributed by atoms with Gasteiger partial charge in [0.05, 0.1) is 0 Å². The molecule has 34 heavy (non-hydrogen) atoms. The summed E-state index contributed by atoms with van der Waals surface area (Å²) >= 11 is 0. The zero-order valence-electron chi connectivity index (χ0n) is 18.6.